The van der Waals surface area contributed by atoms with Crippen molar-refractivity contribution in [2.45, 2.75) is 27.7 Å². The third kappa shape index (κ3) is 8.43. The maximum Gasteiger partial charge on any atom is 0.200 e. The Kier molecular flexibility index (Phi) is 12.4. The Bertz CT molecular complexity index is 894. The van der Waals surface area contributed by atoms with E-state index in [-0.39, 0.29) is 0 Å². The zero-order valence-electron chi connectivity index (χ0n) is 23.1. The number of hydrogen-bond donors (Lipinski definition) is 0. The third-order valence-corrected chi connectivity index (χ3v) is 6.44. The van der Waals surface area contributed by atoms with Crippen LogP contribution in [-0.4, -0.2) is 91.3 Å². The molecule has 0 aromatic heterocycles. The summed E-state index contributed by atoms with van der Waals surface area (Å²) in [6.07, 6.45) is 6.90. The Morgan fingerprint density at radius 1 is 0.714 bits per heavy atom. The van der Waals surface area contributed by atoms with Crippen molar-refractivity contribution >= 4 is 17.5 Å². The number of hydrogen-bond acceptors (Lipinski definition) is 5. The maximum atomic E-state index is 5.33. The molecule has 6 heteroatoms. The highest BCUT2D eigenvalue weighted by Gasteiger charge is 2.19. The van der Waals surface area contributed by atoms with Crippen LogP contribution >= 0.6 is 0 Å². The predicted molar refractivity (Wildman–Crippen MR) is 146 cm³/mol. The van der Waals surface area contributed by atoms with E-state index in [1.807, 2.05) is 0 Å². The van der Waals surface area contributed by atoms with E-state index in [1.165, 1.54) is 44.8 Å². The van der Waals surface area contributed by atoms with Crippen LogP contribution in [0.15, 0.2) is 41.0 Å². The number of benzene rings is 1. The lowest BCUT2D eigenvalue weighted by molar-refractivity contribution is -0.531. The standard InChI is InChI=1S/C29H45N2O4/c1-22-17-26(30(9-13-32-5)10-14-33-6)18-23(2)28(22)21-29-24(3)19-27(20-25(29)4)31(11-15-34-7)12-16-35-8/h17-21H,9-16H2,1-8H3/q+1. The van der Waals surface area contributed by atoms with Gasteiger partial charge in [-0.15, -0.1) is 0 Å². The summed E-state index contributed by atoms with van der Waals surface area (Å²) < 4.78 is 23.6. The normalized spacial score (nSPS) is 13.6. The molecule has 0 saturated heterocycles. The van der Waals surface area contributed by atoms with E-state index in [1.54, 1.807) is 28.4 Å². The van der Waals surface area contributed by atoms with E-state index >= 15 is 0 Å². The van der Waals surface area contributed by atoms with Gasteiger partial charge in [-0.3, -0.25) is 0 Å². The second-order valence-electron chi connectivity index (χ2n) is 9.08. The van der Waals surface area contributed by atoms with Gasteiger partial charge in [-0.25, -0.2) is 4.58 Å². The first-order valence-corrected chi connectivity index (χ1v) is 12.4. The van der Waals surface area contributed by atoms with Crippen molar-refractivity contribution in [3.8, 4) is 0 Å². The molecule has 0 fully saturated rings. The smallest absolute Gasteiger partial charge is 0.200 e. The van der Waals surface area contributed by atoms with E-state index in [0.717, 1.165) is 26.2 Å². The summed E-state index contributed by atoms with van der Waals surface area (Å²) in [7, 11) is 6.97. The fourth-order valence-corrected chi connectivity index (χ4v) is 4.41. The van der Waals surface area contributed by atoms with Crippen molar-refractivity contribution in [1.29, 1.82) is 0 Å². The molecule has 35 heavy (non-hydrogen) atoms. The first kappa shape index (κ1) is 29.0. The van der Waals surface area contributed by atoms with Crippen molar-refractivity contribution in [2.24, 2.45) is 0 Å². The number of ether oxygens (including phenoxy) is 4. The summed E-state index contributed by atoms with van der Waals surface area (Å²) in [5, 5.41) is 0. The number of methoxy groups -OCH3 is 4. The molecule has 6 nitrogen and oxygen atoms in total. The Labute approximate surface area is 212 Å². The van der Waals surface area contributed by atoms with E-state index in [9.17, 15) is 0 Å². The van der Waals surface area contributed by atoms with Crippen LogP contribution in [0, 0.1) is 13.8 Å². The van der Waals surface area contributed by atoms with Gasteiger partial charge < -0.3 is 23.8 Å². The van der Waals surface area contributed by atoms with E-state index in [0.29, 0.717) is 26.4 Å². The molecular weight excluding hydrogens is 440 g/mol. The fourth-order valence-electron chi connectivity index (χ4n) is 4.41. The van der Waals surface area contributed by atoms with Gasteiger partial charge in [0, 0.05) is 59.4 Å². The molecule has 194 valence electrons. The topological polar surface area (TPSA) is 43.2 Å². The van der Waals surface area contributed by atoms with E-state index < -0.39 is 0 Å². The Hall–Kier alpha value is -2.25. The summed E-state index contributed by atoms with van der Waals surface area (Å²) in [5.74, 6) is 0. The van der Waals surface area contributed by atoms with Crippen LogP contribution in [0.2, 0.25) is 0 Å². The molecule has 0 saturated carbocycles. The molecule has 0 radical (unpaired) electrons. The first-order valence-electron chi connectivity index (χ1n) is 12.4. The van der Waals surface area contributed by atoms with Crippen molar-refractivity contribution in [2.75, 3.05) is 85.9 Å². The van der Waals surface area contributed by atoms with Crippen LogP contribution in [0.3, 0.4) is 0 Å². The summed E-state index contributed by atoms with van der Waals surface area (Å²) in [6.45, 7) is 14.9. The monoisotopic (exact) mass is 485 g/mol. The van der Waals surface area contributed by atoms with Crippen molar-refractivity contribution in [3.63, 3.8) is 0 Å². The first-order chi connectivity index (χ1) is 16.9. The van der Waals surface area contributed by atoms with Gasteiger partial charge in [-0.1, -0.05) is 0 Å². The number of allylic oxidation sites excluding steroid dienone is 5. The molecule has 0 aliphatic heterocycles. The molecule has 1 aromatic rings. The van der Waals surface area contributed by atoms with Gasteiger partial charge in [0.25, 0.3) is 0 Å². The average molecular weight is 486 g/mol. The molecule has 0 atom stereocenters. The maximum absolute atomic E-state index is 5.33. The zero-order valence-corrected chi connectivity index (χ0v) is 23.1. The predicted octanol–water partition coefficient (Wildman–Crippen LogP) is 4.44. The van der Waals surface area contributed by atoms with Gasteiger partial charge >= 0.3 is 0 Å². The zero-order chi connectivity index (χ0) is 25.8. The Morgan fingerprint density at radius 2 is 1.17 bits per heavy atom. The lowest BCUT2D eigenvalue weighted by atomic mass is 9.89. The minimum atomic E-state index is 0.687. The van der Waals surface area contributed by atoms with Gasteiger partial charge in [0.05, 0.1) is 13.2 Å². The molecule has 0 bridgehead atoms. The third-order valence-electron chi connectivity index (χ3n) is 6.44. The summed E-state index contributed by atoms with van der Waals surface area (Å²) in [5.41, 5.74) is 10.1. The molecule has 1 aliphatic rings. The summed E-state index contributed by atoms with van der Waals surface area (Å²) >= 11 is 0. The number of anilines is 1. The van der Waals surface area contributed by atoms with Gasteiger partial charge in [-0.05, 0) is 79.3 Å². The SMILES string of the molecule is COCCN(CCOC)c1cc(C)c(C=C2C(C)=CC(=[N+](CCOC)CCOC)C=C2C)c(C)c1. The van der Waals surface area contributed by atoms with Crippen LogP contribution in [-0.2, 0) is 18.9 Å². The summed E-state index contributed by atoms with van der Waals surface area (Å²) in [4.78, 5) is 2.33. The van der Waals surface area contributed by atoms with Crippen LogP contribution < -0.4 is 4.90 Å². The molecular formula is C29H45N2O4+. The van der Waals surface area contributed by atoms with Crippen LogP contribution in [0.4, 0.5) is 5.69 Å². The number of nitrogens with zero attached hydrogens (tertiary/aromatic N) is 2. The van der Waals surface area contributed by atoms with Gasteiger partial charge in [0.2, 0.25) is 5.71 Å². The number of aryl methyl sites for hydroxylation is 2. The summed E-state index contributed by atoms with van der Waals surface area (Å²) in [6, 6.07) is 4.56. The lowest BCUT2D eigenvalue weighted by Gasteiger charge is -2.26. The molecule has 0 unspecified atom stereocenters. The highest BCUT2D eigenvalue weighted by atomic mass is 16.5. The van der Waals surface area contributed by atoms with Gasteiger partial charge in [0.1, 0.15) is 13.2 Å². The highest BCUT2D eigenvalue weighted by Crippen LogP contribution is 2.30. The number of rotatable bonds is 14. The van der Waals surface area contributed by atoms with Gasteiger partial charge in [-0.2, -0.15) is 0 Å². The van der Waals surface area contributed by atoms with Crippen molar-refractivity contribution in [3.05, 3.63) is 57.7 Å². The van der Waals surface area contributed by atoms with Crippen molar-refractivity contribution < 1.29 is 23.5 Å². The molecule has 0 N–H and O–H groups in total. The minimum absolute atomic E-state index is 0.687. The lowest BCUT2D eigenvalue weighted by Crippen LogP contribution is -2.30. The van der Waals surface area contributed by atoms with Crippen LogP contribution in [0.1, 0.15) is 30.5 Å². The largest absolute Gasteiger partial charge is 0.383 e. The molecule has 0 spiro atoms. The molecule has 2 rings (SSSR count). The van der Waals surface area contributed by atoms with Crippen molar-refractivity contribution in [1.82, 2.24) is 0 Å². The van der Waals surface area contributed by atoms with Crippen LogP contribution in [0.25, 0.3) is 6.08 Å². The minimum Gasteiger partial charge on any atom is -0.383 e. The highest BCUT2D eigenvalue weighted by molar-refractivity contribution is 6.04. The molecule has 1 aliphatic carbocycles. The van der Waals surface area contributed by atoms with E-state index in [2.05, 4.69) is 67.5 Å². The van der Waals surface area contributed by atoms with E-state index in [4.69, 9.17) is 18.9 Å². The Morgan fingerprint density at radius 3 is 1.60 bits per heavy atom. The second kappa shape index (κ2) is 15.0. The van der Waals surface area contributed by atoms with Gasteiger partial charge in [0.15, 0.2) is 13.1 Å². The Balaban J connectivity index is 2.40. The molecule has 0 amide bonds. The second-order valence-corrected chi connectivity index (χ2v) is 9.08. The fraction of sp³-hybridized carbons (Fsp3) is 0.552. The quantitative estimate of drug-likeness (QED) is 0.365. The van der Waals surface area contributed by atoms with Crippen LogP contribution in [0.5, 0.6) is 0 Å². The molecule has 0 heterocycles. The average Bonchev–Trinajstić information content (AvgIpc) is 2.82. The molecule has 1 aromatic carbocycles.